The first kappa shape index (κ1) is 14.6. The van der Waals surface area contributed by atoms with Gasteiger partial charge in [0, 0.05) is 23.2 Å². The highest BCUT2D eigenvalue weighted by atomic mass is 32.2. The molecule has 0 aliphatic heterocycles. The number of hydrogen-bond acceptors (Lipinski definition) is 5. The summed E-state index contributed by atoms with van der Waals surface area (Å²) in [7, 11) is -2.98. The maximum absolute atomic E-state index is 11.5. The minimum atomic E-state index is -2.98. The van der Waals surface area contributed by atoms with Gasteiger partial charge in [0.15, 0.2) is 9.84 Å². The van der Waals surface area contributed by atoms with Crippen LogP contribution in [-0.2, 0) is 22.1 Å². The number of sulfone groups is 1. The van der Waals surface area contributed by atoms with Crippen LogP contribution in [0.25, 0.3) is 0 Å². The van der Waals surface area contributed by atoms with Gasteiger partial charge in [-0.15, -0.1) is 11.3 Å². The van der Waals surface area contributed by atoms with Crippen LogP contribution in [0.5, 0.6) is 0 Å². The van der Waals surface area contributed by atoms with E-state index in [1.807, 2.05) is 6.92 Å². The number of rotatable bonds is 6. The van der Waals surface area contributed by atoms with E-state index in [2.05, 4.69) is 24.1 Å². The average molecular weight is 276 g/mol. The molecule has 0 amide bonds. The average Bonchev–Trinajstić information content (AvgIpc) is 2.55. The van der Waals surface area contributed by atoms with Crippen LogP contribution in [0.2, 0.25) is 0 Å². The van der Waals surface area contributed by atoms with Crippen molar-refractivity contribution in [1.82, 2.24) is 10.3 Å². The van der Waals surface area contributed by atoms with E-state index in [4.69, 9.17) is 0 Å². The number of thiazole rings is 1. The van der Waals surface area contributed by atoms with Gasteiger partial charge in [-0.2, -0.15) is 0 Å². The zero-order valence-corrected chi connectivity index (χ0v) is 12.4. The highest BCUT2D eigenvalue weighted by Crippen LogP contribution is 2.20. The third kappa shape index (κ3) is 4.73. The zero-order valence-electron chi connectivity index (χ0n) is 10.8. The maximum Gasteiger partial charge on any atom is 0.156 e. The summed E-state index contributed by atoms with van der Waals surface area (Å²) >= 11 is 1.49. The number of hydrogen-bond donors (Lipinski definition) is 1. The van der Waals surface area contributed by atoms with Crippen molar-refractivity contribution < 1.29 is 8.42 Å². The fourth-order valence-electron chi connectivity index (χ4n) is 1.30. The smallest absolute Gasteiger partial charge is 0.156 e. The predicted octanol–water partition coefficient (Wildman–Crippen LogP) is 1.88. The van der Waals surface area contributed by atoms with Gasteiger partial charge < -0.3 is 5.32 Å². The van der Waals surface area contributed by atoms with Crippen LogP contribution < -0.4 is 5.32 Å². The molecule has 4 nitrogen and oxygen atoms in total. The first-order valence-corrected chi connectivity index (χ1v) is 8.37. The summed E-state index contributed by atoms with van der Waals surface area (Å²) in [5.74, 6) is 0.238. The lowest BCUT2D eigenvalue weighted by atomic mass is 10.3. The van der Waals surface area contributed by atoms with E-state index in [-0.39, 0.29) is 11.5 Å². The molecule has 0 fully saturated rings. The van der Waals surface area contributed by atoms with E-state index >= 15 is 0 Å². The van der Waals surface area contributed by atoms with Crippen molar-refractivity contribution in [2.75, 3.05) is 5.75 Å². The molecule has 1 aromatic rings. The maximum atomic E-state index is 11.5. The standard InChI is InChI=1S/C11H20N2O2S2/c1-5-17(14,15)7-11-13-9(4)10(16-11)6-12-8(2)3/h8,12H,5-7H2,1-4H3. The van der Waals surface area contributed by atoms with Gasteiger partial charge in [-0.05, 0) is 6.92 Å². The Bertz CT molecular complexity index is 464. The molecule has 0 aliphatic carbocycles. The molecule has 1 aromatic heterocycles. The molecule has 1 rings (SSSR count). The van der Waals surface area contributed by atoms with Gasteiger partial charge in [0.05, 0.1) is 5.69 Å². The van der Waals surface area contributed by atoms with Crippen LogP contribution in [0.4, 0.5) is 0 Å². The second-order valence-corrected chi connectivity index (χ2v) is 7.85. The molecule has 17 heavy (non-hydrogen) atoms. The monoisotopic (exact) mass is 276 g/mol. The Morgan fingerprint density at radius 3 is 2.59 bits per heavy atom. The van der Waals surface area contributed by atoms with Gasteiger partial charge >= 0.3 is 0 Å². The second-order valence-electron chi connectivity index (χ2n) is 4.33. The summed E-state index contributed by atoms with van der Waals surface area (Å²) in [6, 6.07) is 0.416. The molecule has 6 heteroatoms. The molecule has 0 bridgehead atoms. The van der Waals surface area contributed by atoms with Crippen LogP contribution in [0.15, 0.2) is 0 Å². The number of aromatic nitrogens is 1. The van der Waals surface area contributed by atoms with E-state index in [1.165, 1.54) is 11.3 Å². The molecule has 98 valence electrons. The first-order valence-electron chi connectivity index (χ1n) is 5.73. The molecule has 0 radical (unpaired) electrons. The lowest BCUT2D eigenvalue weighted by Gasteiger charge is -2.05. The molecule has 0 spiro atoms. The Kier molecular flexibility index (Phi) is 5.09. The molecule has 0 atom stereocenters. The summed E-state index contributed by atoms with van der Waals surface area (Å²) < 4.78 is 23.0. The SMILES string of the molecule is CCS(=O)(=O)Cc1nc(C)c(CNC(C)C)s1. The van der Waals surface area contributed by atoms with Gasteiger partial charge in [-0.25, -0.2) is 13.4 Å². The van der Waals surface area contributed by atoms with Crippen LogP contribution in [0.3, 0.4) is 0 Å². The summed E-state index contributed by atoms with van der Waals surface area (Å²) in [4.78, 5) is 5.45. The Hall–Kier alpha value is -0.460. The predicted molar refractivity (Wildman–Crippen MR) is 72.0 cm³/mol. The largest absolute Gasteiger partial charge is 0.310 e. The number of aryl methyl sites for hydroxylation is 1. The van der Waals surface area contributed by atoms with Gasteiger partial charge in [0.1, 0.15) is 10.8 Å². The molecule has 0 aliphatic rings. The minimum Gasteiger partial charge on any atom is -0.310 e. The Morgan fingerprint density at radius 1 is 1.41 bits per heavy atom. The fourth-order valence-corrected chi connectivity index (χ4v) is 3.54. The van der Waals surface area contributed by atoms with Crippen molar-refractivity contribution in [1.29, 1.82) is 0 Å². The van der Waals surface area contributed by atoms with E-state index in [9.17, 15) is 8.42 Å². The first-order chi connectivity index (χ1) is 7.84. The molecular weight excluding hydrogens is 256 g/mol. The topological polar surface area (TPSA) is 59.1 Å². The highest BCUT2D eigenvalue weighted by molar-refractivity contribution is 7.90. The molecule has 0 unspecified atom stereocenters. The molecule has 0 saturated carbocycles. The lowest BCUT2D eigenvalue weighted by molar-refractivity contribution is 0.591. The Labute approximate surface area is 107 Å². The summed E-state index contributed by atoms with van der Waals surface area (Å²) in [5.41, 5.74) is 0.935. The fraction of sp³-hybridized carbons (Fsp3) is 0.727. The highest BCUT2D eigenvalue weighted by Gasteiger charge is 2.14. The van der Waals surface area contributed by atoms with E-state index < -0.39 is 9.84 Å². The molecule has 0 aromatic carbocycles. The van der Waals surface area contributed by atoms with Crippen molar-refractivity contribution in [2.45, 2.75) is 46.0 Å². The summed E-state index contributed by atoms with van der Waals surface area (Å²) in [5, 5.41) is 4.01. The van der Waals surface area contributed by atoms with Gasteiger partial charge in [-0.3, -0.25) is 0 Å². The van der Waals surface area contributed by atoms with E-state index in [1.54, 1.807) is 6.92 Å². The molecule has 1 N–H and O–H groups in total. The van der Waals surface area contributed by atoms with Crippen molar-refractivity contribution in [2.24, 2.45) is 0 Å². The molecular formula is C11H20N2O2S2. The third-order valence-electron chi connectivity index (χ3n) is 2.39. The minimum absolute atomic E-state index is 0.0662. The summed E-state index contributed by atoms with van der Waals surface area (Å²) in [6.07, 6.45) is 0. The van der Waals surface area contributed by atoms with Gasteiger partial charge in [0.25, 0.3) is 0 Å². The van der Waals surface area contributed by atoms with Crippen LogP contribution in [0, 0.1) is 6.92 Å². The molecule has 0 saturated heterocycles. The van der Waals surface area contributed by atoms with Crippen LogP contribution in [0.1, 0.15) is 36.3 Å². The van der Waals surface area contributed by atoms with Gasteiger partial charge in [0.2, 0.25) is 0 Å². The zero-order chi connectivity index (χ0) is 13.1. The third-order valence-corrected chi connectivity index (χ3v) is 5.32. The van der Waals surface area contributed by atoms with Crippen LogP contribution in [-0.4, -0.2) is 25.2 Å². The van der Waals surface area contributed by atoms with E-state index in [0.29, 0.717) is 11.0 Å². The number of nitrogens with one attached hydrogen (secondary N) is 1. The molecule has 1 heterocycles. The van der Waals surface area contributed by atoms with Crippen molar-refractivity contribution >= 4 is 21.2 Å². The Balaban J connectivity index is 2.75. The van der Waals surface area contributed by atoms with Crippen molar-refractivity contribution in [3.05, 3.63) is 15.6 Å². The number of nitrogens with zero attached hydrogens (tertiary/aromatic N) is 1. The van der Waals surface area contributed by atoms with E-state index in [0.717, 1.165) is 17.1 Å². The van der Waals surface area contributed by atoms with Crippen LogP contribution >= 0.6 is 11.3 Å². The second kappa shape index (κ2) is 5.93. The Morgan fingerprint density at radius 2 is 2.06 bits per heavy atom. The quantitative estimate of drug-likeness (QED) is 0.862. The lowest BCUT2D eigenvalue weighted by Crippen LogP contribution is -2.21. The van der Waals surface area contributed by atoms with Crippen molar-refractivity contribution in [3.63, 3.8) is 0 Å². The van der Waals surface area contributed by atoms with Gasteiger partial charge in [-0.1, -0.05) is 20.8 Å². The normalized spacial score (nSPS) is 12.3. The summed E-state index contributed by atoms with van der Waals surface area (Å²) in [6.45, 7) is 8.51. The van der Waals surface area contributed by atoms with Crippen molar-refractivity contribution in [3.8, 4) is 0 Å².